The molecule has 8 nitrogen and oxygen atoms in total. The predicted molar refractivity (Wildman–Crippen MR) is 90.0 cm³/mol. The van der Waals surface area contributed by atoms with Crippen LogP contribution in [0.3, 0.4) is 0 Å². The lowest BCUT2D eigenvalue weighted by Gasteiger charge is -2.09. The van der Waals surface area contributed by atoms with Crippen molar-refractivity contribution in [3.63, 3.8) is 0 Å². The lowest BCUT2D eigenvalue weighted by molar-refractivity contribution is 0.531. The van der Waals surface area contributed by atoms with E-state index in [2.05, 4.69) is 25.0 Å². The van der Waals surface area contributed by atoms with Crippen LogP contribution in [-0.4, -0.2) is 33.4 Å². The molecule has 0 amide bonds. The molecular weight excluding hydrogens is 328 g/mol. The number of hydrogen-bond acceptors (Lipinski definition) is 5. The molecule has 3 aromatic rings. The topological polar surface area (TPSA) is 106 Å². The first-order valence-corrected chi connectivity index (χ1v) is 8.90. The molecule has 0 aliphatic carbocycles. The number of nitrogens with one attached hydrogen (secondary N) is 2. The Morgan fingerprint density at radius 1 is 1.25 bits per heavy atom. The lowest BCUT2D eigenvalue weighted by Crippen LogP contribution is -2.13. The summed E-state index contributed by atoms with van der Waals surface area (Å²) in [5.41, 5.74) is 1.01. The summed E-state index contributed by atoms with van der Waals surface area (Å²) >= 11 is 0. The molecule has 0 saturated carbocycles. The Morgan fingerprint density at radius 2 is 2.00 bits per heavy atom. The zero-order chi connectivity index (χ0) is 17.3. The SMILES string of the molecule is Cc1nc(-c2ccccc2NS(=O)(=O)c2cnn(C(C)C)c2)n[nH]1. The van der Waals surface area contributed by atoms with Gasteiger partial charge in [0.25, 0.3) is 10.0 Å². The van der Waals surface area contributed by atoms with Crippen molar-refractivity contribution in [2.45, 2.75) is 31.7 Å². The third-order valence-corrected chi connectivity index (χ3v) is 4.75. The normalized spacial score (nSPS) is 11.8. The van der Waals surface area contributed by atoms with Gasteiger partial charge in [0.1, 0.15) is 10.7 Å². The van der Waals surface area contributed by atoms with Crippen LogP contribution in [0, 0.1) is 6.92 Å². The van der Waals surface area contributed by atoms with Crippen LogP contribution in [0.15, 0.2) is 41.6 Å². The summed E-state index contributed by atoms with van der Waals surface area (Å²) in [6.07, 6.45) is 2.84. The van der Waals surface area contributed by atoms with E-state index in [9.17, 15) is 8.42 Å². The lowest BCUT2D eigenvalue weighted by atomic mass is 10.2. The van der Waals surface area contributed by atoms with Crippen LogP contribution in [0.2, 0.25) is 0 Å². The van der Waals surface area contributed by atoms with Crippen LogP contribution in [0.5, 0.6) is 0 Å². The van der Waals surface area contributed by atoms with Gasteiger partial charge in [-0.1, -0.05) is 12.1 Å². The molecule has 1 aromatic carbocycles. The number of para-hydroxylation sites is 1. The Labute approximate surface area is 140 Å². The first kappa shape index (κ1) is 16.2. The Kier molecular flexibility index (Phi) is 4.10. The van der Waals surface area contributed by atoms with Crippen molar-refractivity contribution >= 4 is 15.7 Å². The van der Waals surface area contributed by atoms with Crippen molar-refractivity contribution in [3.8, 4) is 11.4 Å². The summed E-state index contributed by atoms with van der Waals surface area (Å²) < 4.78 is 29.4. The van der Waals surface area contributed by atoms with Gasteiger partial charge < -0.3 is 0 Å². The van der Waals surface area contributed by atoms with Crippen molar-refractivity contribution in [1.29, 1.82) is 0 Å². The fraction of sp³-hybridized carbons (Fsp3) is 0.267. The standard InChI is InChI=1S/C15H18N6O2S/c1-10(2)21-9-12(8-16-21)24(22,23)20-14-7-5-4-6-13(14)15-17-11(3)18-19-15/h4-10,20H,1-3H3,(H,17,18,19). The molecule has 0 aliphatic heterocycles. The molecular formula is C15H18N6O2S. The smallest absolute Gasteiger partial charge is 0.265 e. The Morgan fingerprint density at radius 3 is 2.62 bits per heavy atom. The Bertz CT molecular complexity index is 958. The molecule has 2 N–H and O–H groups in total. The number of nitrogens with zero attached hydrogens (tertiary/aromatic N) is 4. The van der Waals surface area contributed by atoms with Gasteiger partial charge in [-0.15, -0.1) is 0 Å². The average molecular weight is 346 g/mol. The minimum Gasteiger partial charge on any atom is -0.279 e. The monoisotopic (exact) mass is 346 g/mol. The molecule has 0 unspecified atom stereocenters. The van der Waals surface area contributed by atoms with E-state index in [1.807, 2.05) is 13.8 Å². The van der Waals surface area contributed by atoms with Gasteiger partial charge in [0.05, 0.1) is 11.9 Å². The summed E-state index contributed by atoms with van der Waals surface area (Å²) in [4.78, 5) is 4.36. The summed E-state index contributed by atoms with van der Waals surface area (Å²) in [6.45, 7) is 5.64. The fourth-order valence-corrected chi connectivity index (χ4v) is 3.19. The van der Waals surface area contributed by atoms with Crippen LogP contribution in [-0.2, 0) is 10.0 Å². The number of aromatic amines is 1. The first-order chi connectivity index (χ1) is 11.4. The van der Waals surface area contributed by atoms with E-state index in [0.717, 1.165) is 0 Å². The van der Waals surface area contributed by atoms with E-state index >= 15 is 0 Å². The van der Waals surface area contributed by atoms with Gasteiger partial charge in [-0.2, -0.15) is 10.2 Å². The highest BCUT2D eigenvalue weighted by atomic mass is 32.2. The number of benzene rings is 1. The molecule has 24 heavy (non-hydrogen) atoms. The highest BCUT2D eigenvalue weighted by Gasteiger charge is 2.20. The molecule has 126 valence electrons. The summed E-state index contributed by atoms with van der Waals surface area (Å²) in [5, 5.41) is 10.9. The molecule has 0 spiro atoms. The largest absolute Gasteiger partial charge is 0.279 e. The van der Waals surface area contributed by atoms with Crippen LogP contribution < -0.4 is 4.72 Å². The van der Waals surface area contributed by atoms with E-state index in [4.69, 9.17) is 0 Å². The van der Waals surface area contributed by atoms with Gasteiger partial charge in [-0.3, -0.25) is 14.5 Å². The number of hydrogen-bond donors (Lipinski definition) is 2. The predicted octanol–water partition coefficient (Wildman–Crippen LogP) is 2.36. The van der Waals surface area contributed by atoms with Gasteiger partial charge in [0.2, 0.25) is 0 Å². The average Bonchev–Trinajstić information content (AvgIpc) is 3.17. The minimum absolute atomic E-state index is 0.0810. The molecule has 0 fully saturated rings. The molecule has 0 atom stereocenters. The van der Waals surface area contributed by atoms with Gasteiger partial charge in [0, 0.05) is 17.8 Å². The third kappa shape index (κ3) is 3.16. The molecule has 2 aromatic heterocycles. The number of aromatic nitrogens is 5. The molecule has 0 saturated heterocycles. The number of aryl methyl sites for hydroxylation is 1. The number of H-pyrrole nitrogens is 1. The maximum atomic E-state index is 12.6. The van der Waals surface area contributed by atoms with Crippen LogP contribution in [0.25, 0.3) is 11.4 Å². The summed E-state index contributed by atoms with van der Waals surface area (Å²) in [5.74, 6) is 1.09. The van der Waals surface area contributed by atoms with E-state index in [0.29, 0.717) is 22.9 Å². The Hall–Kier alpha value is -2.68. The van der Waals surface area contributed by atoms with Crippen molar-refractivity contribution in [2.75, 3.05) is 4.72 Å². The fourth-order valence-electron chi connectivity index (χ4n) is 2.18. The van der Waals surface area contributed by atoms with Gasteiger partial charge in [0.15, 0.2) is 5.82 Å². The maximum absolute atomic E-state index is 12.6. The second-order valence-corrected chi connectivity index (χ2v) is 7.33. The highest BCUT2D eigenvalue weighted by Crippen LogP contribution is 2.27. The van der Waals surface area contributed by atoms with Gasteiger partial charge in [-0.05, 0) is 32.9 Å². The van der Waals surface area contributed by atoms with E-state index in [1.165, 1.54) is 12.4 Å². The van der Waals surface area contributed by atoms with Crippen molar-refractivity contribution in [3.05, 3.63) is 42.5 Å². The molecule has 0 radical (unpaired) electrons. The summed E-state index contributed by atoms with van der Waals surface area (Å²) in [6, 6.07) is 7.06. The van der Waals surface area contributed by atoms with Crippen molar-refractivity contribution in [2.24, 2.45) is 0 Å². The van der Waals surface area contributed by atoms with Gasteiger partial charge >= 0.3 is 0 Å². The van der Waals surface area contributed by atoms with Gasteiger partial charge in [-0.25, -0.2) is 13.4 Å². The van der Waals surface area contributed by atoms with E-state index < -0.39 is 10.0 Å². The highest BCUT2D eigenvalue weighted by molar-refractivity contribution is 7.92. The zero-order valence-corrected chi connectivity index (χ0v) is 14.4. The minimum atomic E-state index is -3.75. The second-order valence-electron chi connectivity index (χ2n) is 5.65. The quantitative estimate of drug-likeness (QED) is 0.738. The molecule has 0 bridgehead atoms. The third-order valence-electron chi connectivity index (χ3n) is 3.43. The van der Waals surface area contributed by atoms with Crippen LogP contribution in [0.4, 0.5) is 5.69 Å². The molecule has 0 aliphatic rings. The zero-order valence-electron chi connectivity index (χ0n) is 13.6. The van der Waals surface area contributed by atoms with Crippen LogP contribution in [0.1, 0.15) is 25.7 Å². The molecule has 9 heteroatoms. The van der Waals surface area contributed by atoms with Crippen molar-refractivity contribution < 1.29 is 8.42 Å². The van der Waals surface area contributed by atoms with Crippen molar-refractivity contribution in [1.82, 2.24) is 25.0 Å². The number of sulfonamides is 1. The summed E-state index contributed by atoms with van der Waals surface area (Å²) in [7, 11) is -3.75. The number of anilines is 1. The maximum Gasteiger partial charge on any atom is 0.265 e. The van der Waals surface area contributed by atoms with Crippen LogP contribution >= 0.6 is 0 Å². The Balaban J connectivity index is 1.95. The van der Waals surface area contributed by atoms with E-state index in [1.54, 1.807) is 35.9 Å². The second kappa shape index (κ2) is 6.08. The molecule has 3 rings (SSSR count). The van der Waals surface area contributed by atoms with E-state index in [-0.39, 0.29) is 10.9 Å². The molecule has 2 heterocycles. The first-order valence-electron chi connectivity index (χ1n) is 7.42. The number of rotatable bonds is 5.